The molecule has 38 heavy (non-hydrogen) atoms. The van der Waals surface area contributed by atoms with Crippen molar-refractivity contribution in [3.63, 3.8) is 0 Å². The first-order valence-corrected chi connectivity index (χ1v) is 13.1. The molecule has 190 valence electrons. The molecule has 0 atom stereocenters. The second-order valence-corrected chi connectivity index (χ2v) is 10.0. The summed E-state index contributed by atoms with van der Waals surface area (Å²) in [5.41, 5.74) is 2.68. The van der Waals surface area contributed by atoms with Gasteiger partial charge in [0.05, 0.1) is 33.2 Å². The number of pyridine rings is 1. The number of aromatic amines is 1. The van der Waals surface area contributed by atoms with Crippen LogP contribution in [0.5, 0.6) is 0 Å². The second-order valence-electron chi connectivity index (χ2n) is 8.36. The van der Waals surface area contributed by atoms with Crippen molar-refractivity contribution >= 4 is 27.2 Å². The predicted octanol–water partition coefficient (Wildman–Crippen LogP) is 5.31. The van der Waals surface area contributed by atoms with Crippen LogP contribution < -0.4 is 10.3 Å². The van der Waals surface area contributed by atoms with E-state index in [1.807, 2.05) is 30.3 Å². The minimum absolute atomic E-state index is 0.0463. The van der Waals surface area contributed by atoms with Crippen molar-refractivity contribution < 1.29 is 12.8 Å². The third kappa shape index (κ3) is 5.16. The molecule has 5 rings (SSSR count). The smallest absolute Gasteiger partial charge is 0.280 e. The van der Waals surface area contributed by atoms with Crippen molar-refractivity contribution in [3.8, 4) is 16.9 Å². The van der Waals surface area contributed by atoms with Crippen LogP contribution in [0.15, 0.2) is 118 Å². The lowest BCUT2D eigenvalue weighted by molar-refractivity contribution is 0.601. The molecular formula is C28H22FN5O3S. The number of nitrogens with one attached hydrogen (secondary N) is 2. The molecule has 2 heterocycles. The van der Waals surface area contributed by atoms with E-state index in [9.17, 15) is 17.6 Å². The van der Waals surface area contributed by atoms with Crippen molar-refractivity contribution in [3.05, 3.63) is 125 Å². The average Bonchev–Trinajstić information content (AvgIpc) is 3.27. The van der Waals surface area contributed by atoms with Crippen LogP contribution in [0.25, 0.3) is 16.9 Å². The predicted molar refractivity (Wildman–Crippen MR) is 145 cm³/mol. The van der Waals surface area contributed by atoms with Gasteiger partial charge in [-0.15, -0.1) is 0 Å². The average molecular weight is 528 g/mol. The molecule has 0 bridgehead atoms. The molecule has 0 fully saturated rings. The van der Waals surface area contributed by atoms with Crippen molar-refractivity contribution in [2.75, 3.05) is 4.72 Å². The largest absolute Gasteiger partial charge is 0.290 e. The van der Waals surface area contributed by atoms with Gasteiger partial charge in [-0.1, -0.05) is 36.4 Å². The van der Waals surface area contributed by atoms with Gasteiger partial charge < -0.3 is 0 Å². The van der Waals surface area contributed by atoms with E-state index in [-0.39, 0.29) is 16.3 Å². The fourth-order valence-corrected chi connectivity index (χ4v) is 4.94. The number of halogens is 1. The van der Waals surface area contributed by atoms with Crippen LogP contribution in [0.1, 0.15) is 12.5 Å². The fourth-order valence-electron chi connectivity index (χ4n) is 3.93. The van der Waals surface area contributed by atoms with Crippen LogP contribution in [-0.2, 0) is 10.0 Å². The maximum Gasteiger partial charge on any atom is 0.280 e. The molecule has 2 N–H and O–H groups in total. The van der Waals surface area contributed by atoms with Gasteiger partial charge in [0.15, 0.2) is 0 Å². The number of aliphatic imine (C=N–C) groups is 1. The number of aromatic nitrogens is 3. The van der Waals surface area contributed by atoms with Gasteiger partial charge in [0.25, 0.3) is 15.6 Å². The molecule has 0 saturated heterocycles. The maximum atomic E-state index is 13.5. The van der Waals surface area contributed by atoms with Gasteiger partial charge in [0, 0.05) is 11.8 Å². The summed E-state index contributed by atoms with van der Waals surface area (Å²) in [6, 6.07) is 25.8. The molecule has 0 aliphatic carbocycles. The summed E-state index contributed by atoms with van der Waals surface area (Å²) in [7, 11) is -3.84. The Morgan fingerprint density at radius 3 is 2.26 bits per heavy atom. The molecule has 0 spiro atoms. The van der Waals surface area contributed by atoms with Gasteiger partial charge in [-0.3, -0.25) is 19.6 Å². The maximum absolute atomic E-state index is 13.5. The van der Waals surface area contributed by atoms with Gasteiger partial charge in [-0.25, -0.2) is 22.5 Å². The Kier molecular flexibility index (Phi) is 6.71. The van der Waals surface area contributed by atoms with Gasteiger partial charge in [-0.2, -0.15) is 0 Å². The van der Waals surface area contributed by atoms with E-state index in [2.05, 4.69) is 19.8 Å². The summed E-state index contributed by atoms with van der Waals surface area (Å²) >= 11 is 0. The third-order valence-corrected chi connectivity index (χ3v) is 7.12. The zero-order valence-electron chi connectivity index (χ0n) is 20.2. The normalized spacial score (nSPS) is 11.9. The van der Waals surface area contributed by atoms with E-state index in [0.717, 1.165) is 5.56 Å². The summed E-state index contributed by atoms with van der Waals surface area (Å²) < 4.78 is 42.6. The molecule has 8 nitrogen and oxygen atoms in total. The minimum Gasteiger partial charge on any atom is -0.290 e. The molecule has 10 heteroatoms. The summed E-state index contributed by atoms with van der Waals surface area (Å²) in [5.74, 6) is -0.195. The van der Waals surface area contributed by atoms with Crippen LogP contribution in [0, 0.1) is 5.82 Å². The zero-order valence-corrected chi connectivity index (χ0v) is 21.0. The molecule has 0 unspecified atom stereocenters. The Morgan fingerprint density at radius 1 is 0.921 bits per heavy atom. The van der Waals surface area contributed by atoms with E-state index in [0.29, 0.717) is 28.3 Å². The highest BCUT2D eigenvalue weighted by atomic mass is 32.2. The number of hydrogen-bond acceptors (Lipinski definition) is 5. The van der Waals surface area contributed by atoms with Crippen LogP contribution >= 0.6 is 0 Å². The Hall–Kier alpha value is -4.83. The first-order chi connectivity index (χ1) is 18.3. The Morgan fingerprint density at radius 2 is 1.61 bits per heavy atom. The molecule has 2 aromatic heterocycles. The number of sulfonamides is 1. The van der Waals surface area contributed by atoms with E-state index < -0.39 is 15.8 Å². The lowest BCUT2D eigenvalue weighted by Crippen LogP contribution is -2.19. The van der Waals surface area contributed by atoms with Crippen molar-refractivity contribution in [1.29, 1.82) is 0 Å². The highest BCUT2D eigenvalue weighted by Crippen LogP contribution is 2.24. The van der Waals surface area contributed by atoms with Gasteiger partial charge in [0.2, 0.25) is 0 Å². The molecular weight excluding hydrogens is 505 g/mol. The zero-order chi connectivity index (χ0) is 26.7. The van der Waals surface area contributed by atoms with E-state index in [1.54, 1.807) is 37.3 Å². The van der Waals surface area contributed by atoms with Gasteiger partial charge in [-0.05, 0) is 67.6 Å². The van der Waals surface area contributed by atoms with E-state index in [4.69, 9.17) is 0 Å². The number of anilines is 1. The summed E-state index contributed by atoms with van der Waals surface area (Å²) in [6.07, 6.45) is 1.49. The first kappa shape index (κ1) is 24.8. The molecule has 0 saturated carbocycles. The van der Waals surface area contributed by atoms with E-state index in [1.165, 1.54) is 47.3 Å². The summed E-state index contributed by atoms with van der Waals surface area (Å²) in [6.45, 7) is 1.71. The third-order valence-electron chi connectivity index (χ3n) is 5.75. The van der Waals surface area contributed by atoms with Crippen LogP contribution in [0.4, 0.5) is 15.9 Å². The van der Waals surface area contributed by atoms with Crippen LogP contribution in [0.2, 0.25) is 0 Å². The van der Waals surface area contributed by atoms with Gasteiger partial charge in [0.1, 0.15) is 11.6 Å². The van der Waals surface area contributed by atoms with E-state index >= 15 is 0 Å². The summed E-state index contributed by atoms with van der Waals surface area (Å²) in [5, 5.41) is 3.13. The molecule has 3 aromatic carbocycles. The monoisotopic (exact) mass is 527 g/mol. The van der Waals surface area contributed by atoms with Crippen LogP contribution in [-0.4, -0.2) is 28.9 Å². The first-order valence-electron chi connectivity index (χ1n) is 11.6. The molecule has 0 aliphatic rings. The number of hydrogen-bond donors (Lipinski definition) is 2. The van der Waals surface area contributed by atoms with Crippen LogP contribution in [0.3, 0.4) is 0 Å². The van der Waals surface area contributed by atoms with Gasteiger partial charge >= 0.3 is 0 Å². The number of H-pyrrole nitrogens is 1. The molecule has 0 radical (unpaired) electrons. The molecule has 0 amide bonds. The highest BCUT2D eigenvalue weighted by molar-refractivity contribution is 7.92. The summed E-state index contributed by atoms with van der Waals surface area (Å²) in [4.78, 5) is 22.1. The van der Waals surface area contributed by atoms with Crippen molar-refractivity contribution in [2.24, 2.45) is 4.99 Å². The Labute approximate surface area is 218 Å². The molecule has 5 aromatic rings. The quantitative estimate of drug-likeness (QED) is 0.280. The van der Waals surface area contributed by atoms with Crippen molar-refractivity contribution in [2.45, 2.75) is 11.8 Å². The highest BCUT2D eigenvalue weighted by Gasteiger charge is 2.20. The SMILES string of the molecule is CC(=Nc1ccc(S(=O)(=O)Nc2ccccn2)cc1)c1c(-c2ccccc2)[nH]n(-c2ccc(F)cc2)c1=O. The number of nitrogens with zero attached hydrogens (tertiary/aromatic N) is 3. The number of benzene rings is 3. The Bertz CT molecular complexity index is 1760. The lowest BCUT2D eigenvalue weighted by atomic mass is 10.1. The minimum atomic E-state index is -3.84. The van der Waals surface area contributed by atoms with Crippen molar-refractivity contribution in [1.82, 2.24) is 14.8 Å². The fraction of sp³-hybridized carbons (Fsp3) is 0.0357. The lowest BCUT2D eigenvalue weighted by Gasteiger charge is -2.07. The standard InChI is InChI=1S/C28H22FN5O3S/c1-19(31-22-12-16-24(17-13-22)38(36,37)33-25-9-5-6-18-30-25)26-27(20-7-3-2-4-8-20)32-34(28(26)35)23-14-10-21(29)11-15-23/h2-18,32H,1H3,(H,30,33). The second kappa shape index (κ2) is 10.3. The Balaban J connectivity index is 1.51. The number of rotatable bonds is 7. The topological polar surface area (TPSA) is 109 Å². The molecule has 0 aliphatic heterocycles.